The molecule has 3 aliphatic rings. The quantitative estimate of drug-likeness (QED) is 0.681. The van der Waals surface area contributed by atoms with Crippen LogP contribution in [0.5, 0.6) is 0 Å². The number of aromatic nitrogens is 1. The van der Waals surface area contributed by atoms with Crippen molar-refractivity contribution in [1.29, 1.82) is 0 Å². The highest BCUT2D eigenvalue weighted by Crippen LogP contribution is 2.50. The summed E-state index contributed by atoms with van der Waals surface area (Å²) in [6, 6.07) is 12.2. The van der Waals surface area contributed by atoms with Crippen molar-refractivity contribution in [2.45, 2.75) is 11.7 Å². The maximum Gasteiger partial charge on any atom is 0.186 e. The molecular weight excluding hydrogens is 398 g/mol. The minimum absolute atomic E-state index is 0.100. The fourth-order valence-electron chi connectivity index (χ4n) is 5.51. The van der Waals surface area contributed by atoms with Crippen molar-refractivity contribution in [3.05, 3.63) is 54.5 Å². The first-order valence-electron chi connectivity index (χ1n) is 10.6. The van der Waals surface area contributed by atoms with Gasteiger partial charge in [-0.2, -0.15) is 0 Å². The Morgan fingerprint density at radius 1 is 1.20 bits per heavy atom. The van der Waals surface area contributed by atoms with E-state index >= 15 is 0 Å². The Morgan fingerprint density at radius 3 is 2.97 bits per heavy atom. The topological polar surface area (TPSA) is 62.0 Å². The zero-order chi connectivity index (χ0) is 20.1. The molecule has 3 aromatic rings. The van der Waals surface area contributed by atoms with E-state index in [2.05, 4.69) is 34.1 Å². The van der Waals surface area contributed by atoms with Crippen LogP contribution in [0.15, 0.2) is 53.2 Å². The summed E-state index contributed by atoms with van der Waals surface area (Å²) in [5.74, 6) is 1.39. The highest BCUT2D eigenvalue weighted by atomic mass is 32.1. The van der Waals surface area contributed by atoms with Crippen molar-refractivity contribution in [3.8, 4) is 0 Å². The Hall–Kier alpha value is -2.19. The normalized spacial score (nSPS) is 31.2. The molecule has 2 aromatic heterocycles. The van der Waals surface area contributed by atoms with Gasteiger partial charge in [-0.1, -0.05) is 29.5 Å². The van der Waals surface area contributed by atoms with E-state index in [0.717, 1.165) is 49.1 Å². The van der Waals surface area contributed by atoms with Gasteiger partial charge in [0.2, 0.25) is 0 Å². The standard InChI is InChI=1S/C23H25N3O3S/c27-13-17-18-11-26(22-24-19-7-1-2-8-21(19)30-22)15-23(18)14-25(12-20(17)29-23)9-3-5-16-6-4-10-28-16/h1-8,10,17-18,20,27H,9,11-15H2/b5-3+/t17-,18+,20+,23+/m0/s1. The molecule has 7 heteroatoms. The van der Waals surface area contributed by atoms with Crippen LogP contribution in [0, 0.1) is 11.8 Å². The van der Waals surface area contributed by atoms with Gasteiger partial charge < -0.3 is 19.2 Å². The number of likely N-dealkylation sites (tertiary alicyclic amines) is 1. The number of hydrogen-bond donors (Lipinski definition) is 1. The Bertz CT molecular complexity index is 1030. The molecule has 1 aromatic carbocycles. The Kier molecular flexibility index (Phi) is 4.46. The monoisotopic (exact) mass is 423 g/mol. The van der Waals surface area contributed by atoms with Crippen molar-refractivity contribution < 1.29 is 14.3 Å². The van der Waals surface area contributed by atoms with E-state index in [9.17, 15) is 5.11 Å². The lowest BCUT2D eigenvalue weighted by atomic mass is 9.83. The number of anilines is 1. The maximum absolute atomic E-state index is 10.2. The van der Waals surface area contributed by atoms with Gasteiger partial charge in [0, 0.05) is 44.6 Å². The molecule has 2 bridgehead atoms. The number of aliphatic hydroxyl groups is 1. The van der Waals surface area contributed by atoms with Crippen LogP contribution in [-0.4, -0.2) is 66.0 Å². The second-order valence-electron chi connectivity index (χ2n) is 8.63. The van der Waals surface area contributed by atoms with Crippen LogP contribution in [0.25, 0.3) is 16.3 Å². The molecule has 0 saturated carbocycles. The summed E-state index contributed by atoms with van der Waals surface area (Å²) < 4.78 is 13.2. The lowest BCUT2D eigenvalue weighted by Crippen LogP contribution is -2.54. The minimum Gasteiger partial charge on any atom is -0.465 e. The van der Waals surface area contributed by atoms with Crippen LogP contribution >= 0.6 is 11.3 Å². The van der Waals surface area contributed by atoms with Gasteiger partial charge in [-0.15, -0.1) is 0 Å². The van der Waals surface area contributed by atoms with E-state index in [4.69, 9.17) is 14.1 Å². The van der Waals surface area contributed by atoms with Crippen LogP contribution in [0.4, 0.5) is 5.13 Å². The molecule has 1 spiro atoms. The number of aliphatic hydroxyl groups excluding tert-OH is 1. The number of benzene rings is 1. The smallest absolute Gasteiger partial charge is 0.186 e. The number of furan rings is 1. The van der Waals surface area contributed by atoms with Crippen LogP contribution in [0.2, 0.25) is 0 Å². The van der Waals surface area contributed by atoms with Gasteiger partial charge in [0.05, 0.1) is 29.1 Å². The second-order valence-corrected chi connectivity index (χ2v) is 9.64. The number of fused-ring (bicyclic) bond motifs is 2. The number of ether oxygens (including phenoxy) is 1. The largest absolute Gasteiger partial charge is 0.465 e. The van der Waals surface area contributed by atoms with E-state index in [1.807, 2.05) is 24.3 Å². The van der Waals surface area contributed by atoms with Crippen LogP contribution in [-0.2, 0) is 4.74 Å². The Balaban J connectivity index is 1.23. The van der Waals surface area contributed by atoms with Gasteiger partial charge in [0.15, 0.2) is 5.13 Å². The zero-order valence-corrected chi connectivity index (χ0v) is 17.5. The summed E-state index contributed by atoms with van der Waals surface area (Å²) in [5.41, 5.74) is 0.824. The fourth-order valence-corrected chi connectivity index (χ4v) is 6.48. The van der Waals surface area contributed by atoms with E-state index in [1.165, 1.54) is 4.70 Å². The number of hydrogen-bond acceptors (Lipinski definition) is 7. The van der Waals surface area contributed by atoms with Gasteiger partial charge in [0.1, 0.15) is 11.4 Å². The van der Waals surface area contributed by atoms with Crippen molar-refractivity contribution in [2.24, 2.45) is 11.8 Å². The number of nitrogens with zero attached hydrogens (tertiary/aromatic N) is 3. The molecule has 3 aliphatic heterocycles. The second kappa shape index (κ2) is 7.20. The molecular formula is C23H25N3O3S. The molecule has 4 atom stereocenters. The predicted molar refractivity (Wildman–Crippen MR) is 118 cm³/mol. The third-order valence-corrected chi connectivity index (χ3v) is 7.91. The molecule has 156 valence electrons. The molecule has 1 N–H and O–H groups in total. The summed E-state index contributed by atoms with van der Waals surface area (Å²) in [6.45, 7) is 4.53. The van der Waals surface area contributed by atoms with Gasteiger partial charge in [0.25, 0.3) is 0 Å². The first kappa shape index (κ1) is 18.6. The highest BCUT2D eigenvalue weighted by molar-refractivity contribution is 7.22. The summed E-state index contributed by atoms with van der Waals surface area (Å²) in [4.78, 5) is 9.69. The first-order chi connectivity index (χ1) is 14.7. The molecule has 30 heavy (non-hydrogen) atoms. The van der Waals surface area contributed by atoms with Gasteiger partial charge in [-0.3, -0.25) is 4.90 Å². The third-order valence-electron chi connectivity index (χ3n) is 6.81. The van der Waals surface area contributed by atoms with Gasteiger partial charge in [-0.25, -0.2) is 4.98 Å². The summed E-state index contributed by atoms with van der Waals surface area (Å²) in [7, 11) is 0. The lowest BCUT2D eigenvalue weighted by molar-refractivity contribution is -0.107. The molecule has 0 amide bonds. The van der Waals surface area contributed by atoms with Gasteiger partial charge >= 0.3 is 0 Å². The third kappa shape index (κ3) is 3.00. The zero-order valence-electron chi connectivity index (χ0n) is 16.7. The number of morpholine rings is 1. The fraction of sp³-hybridized carbons (Fsp3) is 0.435. The van der Waals surface area contributed by atoms with Crippen molar-refractivity contribution in [3.63, 3.8) is 0 Å². The molecule has 3 saturated heterocycles. The van der Waals surface area contributed by atoms with Gasteiger partial charge in [-0.05, 0) is 30.3 Å². The molecule has 6 nitrogen and oxygen atoms in total. The predicted octanol–water partition coefficient (Wildman–Crippen LogP) is 3.10. The highest BCUT2D eigenvalue weighted by Gasteiger charge is 2.62. The van der Waals surface area contributed by atoms with E-state index in [1.54, 1.807) is 17.6 Å². The number of thiazole rings is 1. The summed E-state index contributed by atoms with van der Waals surface area (Å²) >= 11 is 1.74. The molecule has 6 rings (SSSR count). The summed E-state index contributed by atoms with van der Waals surface area (Å²) in [5, 5.41) is 11.2. The maximum atomic E-state index is 10.2. The Morgan fingerprint density at radius 2 is 2.13 bits per heavy atom. The van der Waals surface area contributed by atoms with Crippen LogP contribution < -0.4 is 4.90 Å². The summed E-state index contributed by atoms with van der Waals surface area (Å²) in [6.07, 6.45) is 5.98. The number of rotatable bonds is 5. The molecule has 0 radical (unpaired) electrons. The van der Waals surface area contributed by atoms with Crippen molar-refractivity contribution in [2.75, 3.05) is 44.2 Å². The van der Waals surface area contributed by atoms with Crippen molar-refractivity contribution in [1.82, 2.24) is 9.88 Å². The average molecular weight is 424 g/mol. The van der Waals surface area contributed by atoms with E-state index in [0.29, 0.717) is 5.92 Å². The molecule has 3 fully saturated rings. The van der Waals surface area contributed by atoms with Crippen LogP contribution in [0.1, 0.15) is 5.76 Å². The average Bonchev–Trinajstić information content (AvgIpc) is 3.50. The molecule has 0 aliphatic carbocycles. The van der Waals surface area contributed by atoms with Crippen LogP contribution in [0.3, 0.4) is 0 Å². The lowest BCUT2D eigenvalue weighted by Gasteiger charge is -2.40. The first-order valence-corrected chi connectivity index (χ1v) is 11.4. The van der Waals surface area contributed by atoms with E-state index in [-0.39, 0.29) is 24.2 Å². The Labute approximate surface area is 179 Å². The minimum atomic E-state index is -0.229. The molecule has 5 heterocycles. The van der Waals surface area contributed by atoms with E-state index < -0.39 is 0 Å². The molecule has 0 unspecified atom stereocenters. The van der Waals surface area contributed by atoms with Crippen molar-refractivity contribution >= 4 is 32.8 Å². The number of para-hydroxylation sites is 1. The SMILES string of the molecule is OC[C@H]1[C@H]2CN(c3nc4ccccc4s3)C[C@]23CN(C/C=C/c2ccco2)C[C@H]1O3.